The zero-order chi connectivity index (χ0) is 12.0. The van der Waals surface area contributed by atoms with Crippen molar-refractivity contribution in [2.24, 2.45) is 0 Å². The van der Waals surface area contributed by atoms with Crippen LogP contribution in [0, 0.1) is 12.7 Å². The Morgan fingerprint density at radius 3 is 2.75 bits per heavy atom. The van der Waals surface area contributed by atoms with Crippen molar-refractivity contribution >= 4 is 11.8 Å². The highest BCUT2D eigenvalue weighted by Gasteiger charge is 2.09. The van der Waals surface area contributed by atoms with Crippen LogP contribution in [-0.2, 0) is 6.42 Å². The van der Waals surface area contributed by atoms with E-state index in [1.807, 2.05) is 24.8 Å². The van der Waals surface area contributed by atoms with Crippen LogP contribution >= 0.6 is 11.8 Å². The highest BCUT2D eigenvalue weighted by Crippen LogP contribution is 2.13. The maximum atomic E-state index is 13.0. The highest BCUT2D eigenvalue weighted by molar-refractivity contribution is 7.98. The Hall–Kier alpha value is -0.540. The van der Waals surface area contributed by atoms with E-state index in [1.165, 1.54) is 5.56 Å². The van der Waals surface area contributed by atoms with Gasteiger partial charge in [0.1, 0.15) is 5.82 Å². The van der Waals surface area contributed by atoms with E-state index in [2.05, 4.69) is 18.5 Å². The van der Waals surface area contributed by atoms with Gasteiger partial charge in [-0.25, -0.2) is 4.39 Å². The fraction of sp³-hybridized carbons (Fsp3) is 0.538. The largest absolute Gasteiger partial charge is 0.313 e. The third-order valence-electron chi connectivity index (χ3n) is 2.63. The molecule has 0 aromatic heterocycles. The predicted molar refractivity (Wildman–Crippen MR) is 70.7 cm³/mol. The highest BCUT2D eigenvalue weighted by atomic mass is 32.2. The maximum Gasteiger partial charge on any atom is 0.123 e. The van der Waals surface area contributed by atoms with E-state index in [0.717, 1.165) is 24.3 Å². The third-order valence-corrected chi connectivity index (χ3v) is 3.37. The Morgan fingerprint density at radius 1 is 1.44 bits per heavy atom. The second kappa shape index (κ2) is 6.92. The summed E-state index contributed by atoms with van der Waals surface area (Å²) in [7, 11) is 0. The van der Waals surface area contributed by atoms with Crippen molar-refractivity contribution in [3.63, 3.8) is 0 Å². The molecule has 3 heteroatoms. The third kappa shape index (κ3) is 4.14. The summed E-state index contributed by atoms with van der Waals surface area (Å²) in [5, 5.41) is 3.46. The molecule has 16 heavy (non-hydrogen) atoms. The van der Waals surface area contributed by atoms with E-state index >= 15 is 0 Å². The normalized spacial score (nSPS) is 12.8. The molecule has 0 spiro atoms. The molecule has 1 unspecified atom stereocenters. The molecule has 0 saturated carbocycles. The number of rotatable bonds is 6. The van der Waals surface area contributed by atoms with E-state index in [4.69, 9.17) is 0 Å². The predicted octanol–water partition coefficient (Wildman–Crippen LogP) is 3.02. The summed E-state index contributed by atoms with van der Waals surface area (Å²) in [6.45, 7) is 5.07. The van der Waals surface area contributed by atoms with Crippen LogP contribution in [0.15, 0.2) is 18.2 Å². The molecular weight excluding hydrogens is 221 g/mol. The average molecular weight is 241 g/mol. The van der Waals surface area contributed by atoms with Crippen LogP contribution < -0.4 is 5.32 Å². The van der Waals surface area contributed by atoms with Gasteiger partial charge in [0.25, 0.3) is 0 Å². The number of likely N-dealkylation sites (N-methyl/N-ethyl adjacent to an activating group) is 1. The fourth-order valence-electron chi connectivity index (χ4n) is 1.83. The first-order chi connectivity index (χ1) is 7.67. The van der Waals surface area contributed by atoms with E-state index in [1.54, 1.807) is 12.1 Å². The quantitative estimate of drug-likeness (QED) is 0.821. The Kier molecular flexibility index (Phi) is 5.85. The molecule has 0 fully saturated rings. The van der Waals surface area contributed by atoms with Crippen LogP contribution in [0.25, 0.3) is 0 Å². The first-order valence-corrected chi connectivity index (χ1v) is 7.04. The van der Waals surface area contributed by atoms with Crippen molar-refractivity contribution in [2.45, 2.75) is 26.3 Å². The lowest BCUT2D eigenvalue weighted by Gasteiger charge is -2.18. The summed E-state index contributed by atoms with van der Waals surface area (Å²) in [6, 6.07) is 5.53. The topological polar surface area (TPSA) is 12.0 Å². The smallest absolute Gasteiger partial charge is 0.123 e. The minimum Gasteiger partial charge on any atom is -0.313 e. The lowest BCUT2D eigenvalue weighted by Crippen LogP contribution is -2.33. The molecule has 0 saturated heterocycles. The summed E-state index contributed by atoms with van der Waals surface area (Å²) in [5.41, 5.74) is 2.28. The number of thioether (sulfide) groups is 1. The van der Waals surface area contributed by atoms with Gasteiger partial charge in [0.2, 0.25) is 0 Å². The van der Waals surface area contributed by atoms with Gasteiger partial charge in [-0.05, 0) is 49.4 Å². The van der Waals surface area contributed by atoms with E-state index < -0.39 is 0 Å². The number of halogens is 1. The molecule has 0 heterocycles. The van der Waals surface area contributed by atoms with Gasteiger partial charge in [-0.3, -0.25) is 0 Å². The minimum absolute atomic E-state index is 0.147. The van der Waals surface area contributed by atoms with Crippen LogP contribution in [0.1, 0.15) is 18.1 Å². The van der Waals surface area contributed by atoms with Gasteiger partial charge < -0.3 is 5.32 Å². The molecule has 0 amide bonds. The molecular formula is C13H20FNS. The summed E-state index contributed by atoms with van der Waals surface area (Å²) in [5.74, 6) is 0.941. The second-order valence-electron chi connectivity index (χ2n) is 3.98. The van der Waals surface area contributed by atoms with Gasteiger partial charge in [0.15, 0.2) is 0 Å². The SMILES string of the molecule is CCNC(CSC)Cc1ccc(F)cc1C. The molecule has 1 atom stereocenters. The van der Waals surface area contributed by atoms with Crippen LogP contribution in [0.3, 0.4) is 0 Å². The maximum absolute atomic E-state index is 13.0. The summed E-state index contributed by atoms with van der Waals surface area (Å²) >= 11 is 1.84. The van der Waals surface area contributed by atoms with Gasteiger partial charge in [0.05, 0.1) is 0 Å². The van der Waals surface area contributed by atoms with Crippen molar-refractivity contribution in [1.29, 1.82) is 0 Å². The van der Waals surface area contributed by atoms with Gasteiger partial charge >= 0.3 is 0 Å². The number of nitrogens with one attached hydrogen (secondary N) is 1. The van der Waals surface area contributed by atoms with Crippen molar-refractivity contribution in [3.05, 3.63) is 35.1 Å². The number of benzene rings is 1. The number of hydrogen-bond donors (Lipinski definition) is 1. The molecule has 0 bridgehead atoms. The molecule has 0 aliphatic carbocycles. The van der Waals surface area contributed by atoms with E-state index in [9.17, 15) is 4.39 Å². The van der Waals surface area contributed by atoms with Crippen LogP contribution in [0.2, 0.25) is 0 Å². The lowest BCUT2D eigenvalue weighted by atomic mass is 10.0. The molecule has 1 rings (SSSR count). The first kappa shape index (κ1) is 13.5. The minimum atomic E-state index is -0.147. The molecule has 0 radical (unpaired) electrons. The average Bonchev–Trinajstić information content (AvgIpc) is 2.23. The fourth-order valence-corrected chi connectivity index (χ4v) is 2.47. The van der Waals surface area contributed by atoms with Crippen molar-refractivity contribution in [2.75, 3.05) is 18.6 Å². The molecule has 0 aliphatic heterocycles. The Bertz CT molecular complexity index is 322. The van der Waals surface area contributed by atoms with Crippen molar-refractivity contribution in [3.8, 4) is 0 Å². The standard InChI is InChI=1S/C13H20FNS/c1-4-15-13(9-16-3)8-11-5-6-12(14)7-10(11)2/h5-7,13,15H,4,8-9H2,1-3H3. The van der Waals surface area contributed by atoms with Gasteiger partial charge in [-0.15, -0.1) is 0 Å². The molecule has 1 nitrogen and oxygen atoms in total. The first-order valence-electron chi connectivity index (χ1n) is 5.64. The Morgan fingerprint density at radius 2 is 2.19 bits per heavy atom. The molecule has 90 valence electrons. The zero-order valence-electron chi connectivity index (χ0n) is 10.2. The molecule has 1 aromatic carbocycles. The van der Waals surface area contributed by atoms with Crippen molar-refractivity contribution in [1.82, 2.24) is 5.32 Å². The second-order valence-corrected chi connectivity index (χ2v) is 4.90. The Labute approximate surface area is 102 Å². The summed E-state index contributed by atoms with van der Waals surface area (Å²) < 4.78 is 13.0. The van der Waals surface area contributed by atoms with Gasteiger partial charge in [-0.1, -0.05) is 13.0 Å². The van der Waals surface area contributed by atoms with Crippen LogP contribution in [0.5, 0.6) is 0 Å². The zero-order valence-corrected chi connectivity index (χ0v) is 11.0. The van der Waals surface area contributed by atoms with E-state index in [-0.39, 0.29) is 5.82 Å². The summed E-state index contributed by atoms with van der Waals surface area (Å²) in [6.07, 6.45) is 3.09. The number of aryl methyl sites for hydroxylation is 1. The number of hydrogen-bond acceptors (Lipinski definition) is 2. The van der Waals surface area contributed by atoms with Crippen LogP contribution in [-0.4, -0.2) is 24.6 Å². The van der Waals surface area contributed by atoms with Crippen molar-refractivity contribution < 1.29 is 4.39 Å². The molecule has 0 aliphatic rings. The van der Waals surface area contributed by atoms with Gasteiger partial charge in [-0.2, -0.15) is 11.8 Å². The van der Waals surface area contributed by atoms with Gasteiger partial charge in [0, 0.05) is 11.8 Å². The van der Waals surface area contributed by atoms with E-state index in [0.29, 0.717) is 6.04 Å². The Balaban J connectivity index is 2.68. The molecule has 1 N–H and O–H groups in total. The lowest BCUT2D eigenvalue weighted by molar-refractivity contribution is 0.570. The monoisotopic (exact) mass is 241 g/mol. The molecule has 1 aromatic rings. The summed E-state index contributed by atoms with van der Waals surface area (Å²) in [4.78, 5) is 0. The van der Waals surface area contributed by atoms with Crippen LogP contribution in [0.4, 0.5) is 4.39 Å².